The predicted molar refractivity (Wildman–Crippen MR) is 136 cm³/mol. The molecule has 0 radical (unpaired) electrons. The average molecular weight is 521 g/mol. The summed E-state index contributed by atoms with van der Waals surface area (Å²) in [7, 11) is 0. The van der Waals surface area contributed by atoms with Crippen molar-refractivity contribution in [1.82, 2.24) is 0 Å². The molecule has 2 aromatic carbocycles. The zero-order valence-electron chi connectivity index (χ0n) is 21.8. The van der Waals surface area contributed by atoms with E-state index in [0.717, 1.165) is 6.07 Å². The summed E-state index contributed by atoms with van der Waals surface area (Å²) < 4.78 is 0. The number of carbonyl (C=O) groups is 4. The van der Waals surface area contributed by atoms with Gasteiger partial charge in [-0.1, -0.05) is 27.7 Å². The van der Waals surface area contributed by atoms with Gasteiger partial charge < -0.3 is 25.5 Å². The van der Waals surface area contributed by atoms with Gasteiger partial charge in [0.2, 0.25) is 0 Å². The van der Waals surface area contributed by atoms with Gasteiger partial charge in [0.15, 0.2) is 46.1 Å². The molecule has 0 unspecified atom stereocenters. The van der Waals surface area contributed by atoms with Crippen molar-refractivity contribution in [2.75, 3.05) is 0 Å². The van der Waals surface area contributed by atoms with E-state index in [9.17, 15) is 44.7 Å². The quantitative estimate of drug-likeness (QED) is 0.368. The highest BCUT2D eigenvalue weighted by Crippen LogP contribution is 2.48. The van der Waals surface area contributed by atoms with Crippen LogP contribution >= 0.6 is 0 Å². The second kappa shape index (κ2) is 8.95. The Labute approximate surface area is 218 Å². The molecule has 0 fully saturated rings. The summed E-state index contributed by atoms with van der Waals surface area (Å²) >= 11 is 0. The summed E-state index contributed by atoms with van der Waals surface area (Å²) in [6.45, 7) is 8.44. The van der Waals surface area contributed by atoms with E-state index in [1.54, 1.807) is 27.7 Å². The SMILES string of the molecule is CC1=C(C2=C(C)C(=O)c3c(c(CO)c(O)c(O)c3C(C)C)C2=O)C(=O)c2cc(O)c(O)c(C(C)C)c2C1=O. The fourth-order valence-electron chi connectivity index (χ4n) is 5.46. The average Bonchev–Trinajstić information content (AvgIpc) is 2.84. The summed E-state index contributed by atoms with van der Waals surface area (Å²) in [6, 6.07) is 0.960. The summed E-state index contributed by atoms with van der Waals surface area (Å²) in [5, 5.41) is 51.9. The second-order valence-corrected chi connectivity index (χ2v) is 10.2. The summed E-state index contributed by atoms with van der Waals surface area (Å²) in [4.78, 5) is 55.1. The number of allylic oxidation sites excluding steroid dienone is 4. The standard InChI is InChI=1S/C29H28O9/c1-9(2)16-20-13(7-15(31)27(16)36)25(34)18(11(5)23(20)32)19-12(6)24(33)22-17(10(3)4)29(38)26(35)14(8-30)21(22)28(19)37/h7,9-10,30-31,35-36,38H,8H2,1-6H3. The van der Waals surface area contributed by atoms with Gasteiger partial charge in [-0.25, -0.2) is 0 Å². The molecule has 38 heavy (non-hydrogen) atoms. The Bertz CT molecular complexity index is 1570. The monoisotopic (exact) mass is 520 g/mol. The van der Waals surface area contributed by atoms with Crippen LogP contribution < -0.4 is 0 Å². The molecule has 9 heteroatoms. The Kier molecular flexibility index (Phi) is 6.32. The van der Waals surface area contributed by atoms with Crippen molar-refractivity contribution in [3.63, 3.8) is 0 Å². The first kappa shape index (κ1) is 26.8. The third kappa shape index (κ3) is 3.42. The van der Waals surface area contributed by atoms with Crippen molar-refractivity contribution in [3.8, 4) is 23.0 Å². The van der Waals surface area contributed by atoms with Crippen LogP contribution in [-0.2, 0) is 6.61 Å². The van der Waals surface area contributed by atoms with E-state index < -0.39 is 64.6 Å². The normalized spacial score (nSPS) is 15.7. The Morgan fingerprint density at radius 3 is 1.61 bits per heavy atom. The van der Waals surface area contributed by atoms with E-state index in [2.05, 4.69) is 0 Å². The number of hydrogen-bond acceptors (Lipinski definition) is 9. The topological polar surface area (TPSA) is 169 Å². The van der Waals surface area contributed by atoms with Gasteiger partial charge in [-0.3, -0.25) is 19.2 Å². The molecular formula is C29H28O9. The second-order valence-electron chi connectivity index (χ2n) is 10.2. The van der Waals surface area contributed by atoms with Crippen LogP contribution in [0.15, 0.2) is 28.4 Å². The van der Waals surface area contributed by atoms with Gasteiger partial charge in [0.1, 0.15) is 0 Å². The number of phenolic OH excluding ortho intramolecular Hbond substituents is 3. The number of aliphatic hydroxyl groups is 1. The highest BCUT2D eigenvalue weighted by molar-refractivity contribution is 6.37. The molecule has 0 aliphatic heterocycles. The molecule has 9 nitrogen and oxygen atoms in total. The number of rotatable bonds is 4. The zero-order valence-corrected chi connectivity index (χ0v) is 21.8. The van der Waals surface area contributed by atoms with Gasteiger partial charge in [0, 0.05) is 61.2 Å². The number of ketones is 4. The molecule has 0 saturated carbocycles. The van der Waals surface area contributed by atoms with Crippen LogP contribution in [-0.4, -0.2) is 48.7 Å². The smallest absolute Gasteiger partial charge is 0.195 e. The van der Waals surface area contributed by atoms with Gasteiger partial charge in [0.05, 0.1) is 6.61 Å². The molecule has 2 aliphatic carbocycles. The highest BCUT2D eigenvalue weighted by Gasteiger charge is 2.44. The van der Waals surface area contributed by atoms with Crippen molar-refractivity contribution in [2.45, 2.75) is 60.0 Å². The molecule has 2 aromatic rings. The Hall–Kier alpha value is -4.24. The van der Waals surface area contributed by atoms with Crippen LogP contribution in [0.25, 0.3) is 0 Å². The number of carbonyl (C=O) groups excluding carboxylic acids is 4. The van der Waals surface area contributed by atoms with E-state index in [1.165, 1.54) is 13.8 Å². The first-order valence-electron chi connectivity index (χ1n) is 12.1. The lowest BCUT2D eigenvalue weighted by Gasteiger charge is -2.29. The van der Waals surface area contributed by atoms with Crippen molar-refractivity contribution in [1.29, 1.82) is 0 Å². The van der Waals surface area contributed by atoms with Gasteiger partial charge in [-0.15, -0.1) is 0 Å². The zero-order chi connectivity index (χ0) is 28.5. The number of aromatic hydroxyl groups is 4. The van der Waals surface area contributed by atoms with Crippen LogP contribution in [0.1, 0.15) is 112 Å². The van der Waals surface area contributed by atoms with E-state index in [0.29, 0.717) is 0 Å². The maximum absolute atomic E-state index is 14.0. The van der Waals surface area contributed by atoms with Crippen LogP contribution in [0.4, 0.5) is 0 Å². The fraction of sp³-hybridized carbons (Fsp3) is 0.310. The molecule has 5 N–H and O–H groups in total. The van der Waals surface area contributed by atoms with Crippen molar-refractivity contribution < 1.29 is 44.7 Å². The number of benzene rings is 2. The van der Waals surface area contributed by atoms with Crippen LogP contribution in [0, 0.1) is 0 Å². The molecular weight excluding hydrogens is 492 g/mol. The Morgan fingerprint density at radius 1 is 0.632 bits per heavy atom. The molecule has 0 heterocycles. The number of hydrogen-bond donors (Lipinski definition) is 5. The van der Waals surface area contributed by atoms with Gasteiger partial charge in [-0.2, -0.15) is 0 Å². The molecule has 0 saturated heterocycles. The minimum absolute atomic E-state index is 0.0236. The molecule has 2 aliphatic rings. The molecule has 0 spiro atoms. The molecule has 4 rings (SSSR count). The number of phenols is 4. The van der Waals surface area contributed by atoms with Crippen LogP contribution in [0.5, 0.6) is 23.0 Å². The number of aliphatic hydroxyl groups excluding tert-OH is 1. The molecule has 0 amide bonds. The minimum atomic E-state index is -0.885. The third-order valence-electron chi connectivity index (χ3n) is 7.28. The molecule has 198 valence electrons. The first-order valence-corrected chi connectivity index (χ1v) is 12.1. The number of Topliss-reactive ketones (excluding diaryl/α,β-unsaturated/α-hetero) is 4. The van der Waals surface area contributed by atoms with Gasteiger partial charge in [0.25, 0.3) is 0 Å². The van der Waals surface area contributed by atoms with Crippen LogP contribution in [0.2, 0.25) is 0 Å². The van der Waals surface area contributed by atoms with E-state index in [4.69, 9.17) is 0 Å². The lowest BCUT2D eigenvalue weighted by atomic mass is 9.71. The van der Waals surface area contributed by atoms with Crippen molar-refractivity contribution >= 4 is 23.1 Å². The highest BCUT2D eigenvalue weighted by atomic mass is 16.3. The maximum Gasteiger partial charge on any atom is 0.195 e. The van der Waals surface area contributed by atoms with Gasteiger partial charge in [-0.05, 0) is 31.7 Å². The van der Waals surface area contributed by atoms with Crippen LogP contribution in [0.3, 0.4) is 0 Å². The molecule has 0 atom stereocenters. The Morgan fingerprint density at radius 2 is 1.11 bits per heavy atom. The first-order chi connectivity index (χ1) is 17.7. The maximum atomic E-state index is 14.0. The summed E-state index contributed by atoms with van der Waals surface area (Å²) in [5.41, 5.74) is -2.08. The summed E-state index contributed by atoms with van der Waals surface area (Å²) in [6.07, 6.45) is 0. The molecule has 0 aromatic heterocycles. The Balaban J connectivity index is 2.07. The minimum Gasteiger partial charge on any atom is -0.504 e. The number of fused-ring (bicyclic) bond motifs is 2. The predicted octanol–water partition coefficient (Wildman–Crippen LogP) is 4.34. The molecule has 0 bridgehead atoms. The fourth-order valence-corrected chi connectivity index (χ4v) is 5.46. The lowest BCUT2D eigenvalue weighted by molar-refractivity contribution is 0.0949. The largest absolute Gasteiger partial charge is 0.504 e. The van der Waals surface area contributed by atoms with Gasteiger partial charge >= 0.3 is 0 Å². The van der Waals surface area contributed by atoms with E-state index in [1.807, 2.05) is 0 Å². The van der Waals surface area contributed by atoms with E-state index >= 15 is 0 Å². The summed E-state index contributed by atoms with van der Waals surface area (Å²) in [5.74, 6) is -6.47. The van der Waals surface area contributed by atoms with E-state index in [-0.39, 0.29) is 61.2 Å². The lowest BCUT2D eigenvalue weighted by Crippen LogP contribution is -2.31. The third-order valence-corrected chi connectivity index (χ3v) is 7.28. The van der Waals surface area contributed by atoms with Crippen molar-refractivity contribution in [2.24, 2.45) is 0 Å². The van der Waals surface area contributed by atoms with Crippen molar-refractivity contribution in [3.05, 3.63) is 67.3 Å².